The van der Waals surface area contributed by atoms with Crippen LogP contribution in [-0.2, 0) is 16.4 Å². The highest BCUT2D eigenvalue weighted by Gasteiger charge is 2.31. The Balaban J connectivity index is 1.57. The number of ether oxygens (including phenoxy) is 1. The summed E-state index contributed by atoms with van der Waals surface area (Å²) in [6.07, 6.45) is 1.35. The third-order valence-corrected chi connectivity index (χ3v) is 8.26. The highest BCUT2D eigenvalue weighted by atomic mass is 32.2. The predicted octanol–water partition coefficient (Wildman–Crippen LogP) is 5.72. The van der Waals surface area contributed by atoms with Crippen molar-refractivity contribution in [3.05, 3.63) is 101 Å². The summed E-state index contributed by atoms with van der Waals surface area (Å²) in [5, 5.41) is 0. The summed E-state index contributed by atoms with van der Waals surface area (Å²) < 4.78 is 35.7. The van der Waals surface area contributed by atoms with Gasteiger partial charge in [-0.2, -0.15) is 4.98 Å². The standard InChI is InChI=1S/C28H25N3O3S/c1-17-7-5-8-18(2)27(17)24-16-26-30-28(29-24)31-35(32,33)22-11-6-10-19(14-22)21-13-20-9-3-4-12-23(20)25(15-21)34-26/h3-12,14,16,21,25H,13,15H2,1-2H3,(H,29,30,31)/t21?,25-/m0/s1. The molecule has 2 heterocycles. The molecule has 176 valence electrons. The van der Waals surface area contributed by atoms with E-state index in [1.807, 2.05) is 56.3 Å². The molecule has 3 aromatic carbocycles. The van der Waals surface area contributed by atoms with E-state index in [-0.39, 0.29) is 22.9 Å². The van der Waals surface area contributed by atoms with Gasteiger partial charge in [-0.25, -0.2) is 18.1 Å². The van der Waals surface area contributed by atoms with Gasteiger partial charge in [0.2, 0.25) is 11.8 Å². The summed E-state index contributed by atoms with van der Waals surface area (Å²) in [6, 6.07) is 23.3. The number of nitrogens with zero attached hydrogens (tertiary/aromatic N) is 2. The molecule has 2 aliphatic rings. The average molecular weight is 484 g/mol. The van der Waals surface area contributed by atoms with Crippen molar-refractivity contribution < 1.29 is 13.2 Å². The summed E-state index contributed by atoms with van der Waals surface area (Å²) in [5.41, 5.74) is 6.98. The summed E-state index contributed by atoms with van der Waals surface area (Å²) in [4.78, 5) is 9.29. The molecule has 0 saturated carbocycles. The topological polar surface area (TPSA) is 81.2 Å². The maximum atomic E-state index is 13.3. The molecule has 1 aliphatic carbocycles. The molecule has 6 nitrogen and oxygen atoms in total. The largest absolute Gasteiger partial charge is 0.469 e. The lowest BCUT2D eigenvalue weighted by Crippen LogP contribution is -2.23. The van der Waals surface area contributed by atoms with Gasteiger partial charge in [0.15, 0.2) is 0 Å². The van der Waals surface area contributed by atoms with Crippen LogP contribution < -0.4 is 9.46 Å². The second kappa shape index (κ2) is 8.20. The Hall–Kier alpha value is -3.71. The van der Waals surface area contributed by atoms with Crippen molar-refractivity contribution in [1.29, 1.82) is 0 Å². The van der Waals surface area contributed by atoms with Crippen LogP contribution in [0.2, 0.25) is 0 Å². The van der Waals surface area contributed by atoms with E-state index < -0.39 is 10.0 Å². The number of benzene rings is 3. The minimum atomic E-state index is -3.88. The Kier molecular flexibility index (Phi) is 5.11. The number of aromatic nitrogens is 2. The van der Waals surface area contributed by atoms with Gasteiger partial charge in [-0.15, -0.1) is 0 Å². The minimum absolute atomic E-state index is 0.00762. The Morgan fingerprint density at radius 1 is 0.914 bits per heavy atom. The van der Waals surface area contributed by atoms with Gasteiger partial charge in [-0.3, -0.25) is 0 Å². The van der Waals surface area contributed by atoms with E-state index in [1.165, 1.54) is 5.56 Å². The molecular weight excluding hydrogens is 458 g/mol. The fraction of sp³-hybridized carbons (Fsp3) is 0.214. The average Bonchev–Trinajstić information content (AvgIpc) is 2.83. The summed E-state index contributed by atoms with van der Waals surface area (Å²) in [7, 11) is -3.88. The maximum Gasteiger partial charge on any atom is 0.264 e. The molecule has 0 spiro atoms. The van der Waals surface area contributed by atoms with Crippen LogP contribution in [0.15, 0.2) is 77.7 Å². The van der Waals surface area contributed by atoms with Crippen molar-refractivity contribution in [2.45, 2.75) is 43.6 Å². The maximum absolute atomic E-state index is 13.3. The molecule has 1 aromatic heterocycles. The number of sulfonamides is 1. The van der Waals surface area contributed by atoms with Crippen LogP contribution in [0.25, 0.3) is 11.3 Å². The van der Waals surface area contributed by atoms with Crippen LogP contribution in [0, 0.1) is 13.8 Å². The van der Waals surface area contributed by atoms with E-state index in [4.69, 9.17) is 4.74 Å². The van der Waals surface area contributed by atoms with Crippen molar-refractivity contribution in [3.63, 3.8) is 0 Å². The second-order valence-electron chi connectivity index (χ2n) is 9.30. The lowest BCUT2D eigenvalue weighted by atomic mass is 9.78. The smallest absolute Gasteiger partial charge is 0.264 e. The Labute approximate surface area is 205 Å². The summed E-state index contributed by atoms with van der Waals surface area (Å²) in [6.45, 7) is 4.03. The zero-order chi connectivity index (χ0) is 24.2. The molecule has 35 heavy (non-hydrogen) atoms. The summed E-state index contributed by atoms with van der Waals surface area (Å²) in [5.74, 6) is 0.468. The van der Waals surface area contributed by atoms with E-state index in [0.29, 0.717) is 11.6 Å². The molecule has 1 aliphatic heterocycles. The number of fused-ring (bicyclic) bond motifs is 9. The number of rotatable bonds is 1. The molecule has 6 rings (SSSR count). The van der Waals surface area contributed by atoms with Gasteiger partial charge < -0.3 is 4.74 Å². The van der Waals surface area contributed by atoms with Gasteiger partial charge >= 0.3 is 0 Å². The molecule has 1 N–H and O–H groups in total. The van der Waals surface area contributed by atoms with E-state index >= 15 is 0 Å². The first-order valence-corrected chi connectivity index (χ1v) is 13.2. The van der Waals surface area contributed by atoms with E-state index in [1.54, 1.807) is 18.2 Å². The minimum Gasteiger partial charge on any atom is -0.469 e. The molecule has 0 saturated heterocycles. The van der Waals surface area contributed by atoms with Gasteiger partial charge in [0, 0.05) is 11.6 Å². The van der Waals surface area contributed by atoms with Gasteiger partial charge in [0.25, 0.3) is 10.0 Å². The zero-order valence-electron chi connectivity index (χ0n) is 19.5. The van der Waals surface area contributed by atoms with Crippen LogP contribution in [-0.4, -0.2) is 18.4 Å². The van der Waals surface area contributed by atoms with Crippen LogP contribution in [0.3, 0.4) is 0 Å². The van der Waals surface area contributed by atoms with Crippen molar-refractivity contribution >= 4 is 16.0 Å². The molecule has 6 bridgehead atoms. The van der Waals surface area contributed by atoms with E-state index in [2.05, 4.69) is 26.8 Å². The van der Waals surface area contributed by atoms with Crippen molar-refractivity contribution in [2.75, 3.05) is 4.72 Å². The lowest BCUT2D eigenvalue weighted by molar-refractivity contribution is 0.166. The predicted molar refractivity (Wildman–Crippen MR) is 135 cm³/mol. The first kappa shape index (κ1) is 21.8. The number of nitrogens with one attached hydrogen (secondary N) is 1. The van der Waals surface area contributed by atoms with Crippen LogP contribution in [0.5, 0.6) is 5.88 Å². The fourth-order valence-electron chi connectivity index (χ4n) is 5.27. The first-order valence-electron chi connectivity index (χ1n) is 11.7. The van der Waals surface area contributed by atoms with Gasteiger partial charge in [-0.1, -0.05) is 54.6 Å². The van der Waals surface area contributed by atoms with Crippen LogP contribution >= 0.6 is 0 Å². The van der Waals surface area contributed by atoms with Crippen LogP contribution in [0.1, 0.15) is 46.3 Å². The molecule has 0 fully saturated rings. The number of aryl methyl sites for hydroxylation is 2. The normalized spacial score (nSPS) is 19.8. The van der Waals surface area contributed by atoms with E-state index in [9.17, 15) is 8.42 Å². The third-order valence-electron chi connectivity index (χ3n) is 6.94. The summed E-state index contributed by atoms with van der Waals surface area (Å²) >= 11 is 0. The molecule has 0 amide bonds. The Morgan fingerprint density at radius 2 is 1.69 bits per heavy atom. The zero-order valence-corrected chi connectivity index (χ0v) is 20.3. The molecule has 1 unspecified atom stereocenters. The van der Waals surface area contributed by atoms with Crippen LogP contribution in [0.4, 0.5) is 5.95 Å². The highest BCUT2D eigenvalue weighted by molar-refractivity contribution is 7.92. The van der Waals surface area contributed by atoms with Gasteiger partial charge in [0.1, 0.15) is 6.10 Å². The quantitative estimate of drug-likeness (QED) is 0.374. The van der Waals surface area contributed by atoms with Crippen molar-refractivity contribution in [1.82, 2.24) is 9.97 Å². The first-order chi connectivity index (χ1) is 16.9. The fourth-order valence-corrected chi connectivity index (χ4v) is 6.27. The number of hydrogen-bond donors (Lipinski definition) is 1. The second-order valence-corrected chi connectivity index (χ2v) is 11.0. The third kappa shape index (κ3) is 3.96. The van der Waals surface area contributed by atoms with E-state index in [0.717, 1.165) is 40.7 Å². The number of hydrogen-bond acceptors (Lipinski definition) is 5. The highest BCUT2D eigenvalue weighted by Crippen LogP contribution is 2.42. The monoisotopic (exact) mass is 483 g/mol. The van der Waals surface area contributed by atoms with Gasteiger partial charge in [0.05, 0.1) is 10.6 Å². The Morgan fingerprint density at radius 3 is 2.51 bits per heavy atom. The van der Waals surface area contributed by atoms with Gasteiger partial charge in [-0.05, 0) is 72.6 Å². The molecule has 4 aromatic rings. The SMILES string of the molecule is Cc1cccc(C)c1-c1cc2nc(n1)NS(=O)(=O)c1cccc(c1)C1Cc3ccccc3[C@H](C1)O2. The Bertz CT molecular complexity index is 1550. The van der Waals surface area contributed by atoms with Crippen molar-refractivity contribution in [2.24, 2.45) is 0 Å². The van der Waals surface area contributed by atoms with Crippen molar-refractivity contribution in [3.8, 4) is 17.1 Å². The molecule has 2 atom stereocenters. The lowest BCUT2D eigenvalue weighted by Gasteiger charge is -2.32. The molecular formula is C28H25N3O3S. The molecule has 7 heteroatoms. The molecule has 0 radical (unpaired) electrons. The number of anilines is 1.